The average molecular weight is 304 g/mol. The zero-order valence-electron chi connectivity index (χ0n) is 10.7. The summed E-state index contributed by atoms with van der Waals surface area (Å²) in [5.74, 6) is 0.967. The van der Waals surface area contributed by atoms with Crippen molar-refractivity contribution in [1.82, 2.24) is 4.90 Å². The van der Waals surface area contributed by atoms with Crippen molar-refractivity contribution in [1.29, 1.82) is 0 Å². The summed E-state index contributed by atoms with van der Waals surface area (Å²) < 4.78 is 37.0. The van der Waals surface area contributed by atoms with E-state index in [1.165, 1.54) is 12.3 Å². The zero-order valence-corrected chi connectivity index (χ0v) is 12.3. The minimum Gasteiger partial charge on any atom is -0.396 e. The molecule has 0 bridgehead atoms. The van der Waals surface area contributed by atoms with Crippen LogP contribution >= 0.6 is 11.8 Å². The number of nitrogens with two attached hydrogens (primary N) is 1. The summed E-state index contributed by atoms with van der Waals surface area (Å²) in [5, 5.41) is -0.520. The van der Waals surface area contributed by atoms with E-state index in [0.717, 1.165) is 5.75 Å². The van der Waals surface area contributed by atoms with Gasteiger partial charge >= 0.3 is 0 Å². The SMILES string of the molecule is CS(=O)(=O)C1CSCCN1Cc1cccc(F)c1N. The van der Waals surface area contributed by atoms with Crippen LogP contribution in [0.25, 0.3) is 0 Å². The second kappa shape index (κ2) is 5.68. The topological polar surface area (TPSA) is 63.4 Å². The van der Waals surface area contributed by atoms with Gasteiger partial charge in [-0.05, 0) is 11.6 Å². The average Bonchev–Trinajstić information content (AvgIpc) is 2.34. The number of nitrogen functional groups attached to an aromatic ring is 1. The molecule has 1 saturated heterocycles. The summed E-state index contributed by atoms with van der Waals surface area (Å²) in [7, 11) is -3.15. The maximum absolute atomic E-state index is 13.4. The Labute approximate surface area is 117 Å². The molecule has 2 N–H and O–H groups in total. The number of anilines is 1. The predicted octanol–water partition coefficient (Wildman–Crippen LogP) is 1.33. The molecule has 0 saturated carbocycles. The third-order valence-corrected chi connectivity index (χ3v) is 5.89. The lowest BCUT2D eigenvalue weighted by atomic mass is 10.1. The van der Waals surface area contributed by atoms with Crippen molar-refractivity contribution in [3.05, 3.63) is 29.6 Å². The number of benzene rings is 1. The Morgan fingerprint density at radius 3 is 2.95 bits per heavy atom. The first kappa shape index (κ1) is 14.6. The van der Waals surface area contributed by atoms with Crippen molar-refractivity contribution in [2.24, 2.45) is 0 Å². The number of rotatable bonds is 3. The molecule has 2 rings (SSSR count). The van der Waals surface area contributed by atoms with E-state index >= 15 is 0 Å². The molecular weight excluding hydrogens is 287 g/mol. The van der Waals surface area contributed by atoms with Gasteiger partial charge in [-0.1, -0.05) is 12.1 Å². The molecule has 1 atom stereocenters. The molecule has 0 radical (unpaired) electrons. The summed E-state index contributed by atoms with van der Waals surface area (Å²) in [6.07, 6.45) is 1.24. The summed E-state index contributed by atoms with van der Waals surface area (Å²) >= 11 is 1.63. The van der Waals surface area contributed by atoms with Gasteiger partial charge in [-0.2, -0.15) is 11.8 Å². The molecule has 1 fully saturated rings. The van der Waals surface area contributed by atoms with Gasteiger partial charge in [0.25, 0.3) is 0 Å². The lowest BCUT2D eigenvalue weighted by molar-refractivity contribution is 0.262. The van der Waals surface area contributed by atoms with Gasteiger partial charge in [0.15, 0.2) is 9.84 Å². The van der Waals surface area contributed by atoms with E-state index in [1.54, 1.807) is 23.9 Å². The van der Waals surface area contributed by atoms with Crippen molar-refractivity contribution in [3.8, 4) is 0 Å². The smallest absolute Gasteiger partial charge is 0.164 e. The van der Waals surface area contributed by atoms with E-state index in [1.807, 2.05) is 4.90 Å². The molecule has 7 heteroatoms. The fourth-order valence-electron chi connectivity index (χ4n) is 2.13. The molecule has 1 unspecified atom stereocenters. The second-order valence-corrected chi connectivity index (χ2v) is 8.00. The molecule has 0 spiro atoms. The van der Waals surface area contributed by atoms with Gasteiger partial charge in [-0.3, -0.25) is 4.90 Å². The van der Waals surface area contributed by atoms with Gasteiger partial charge in [0.2, 0.25) is 0 Å². The summed E-state index contributed by atoms with van der Waals surface area (Å²) in [4.78, 5) is 1.86. The van der Waals surface area contributed by atoms with Gasteiger partial charge in [0, 0.05) is 30.9 Å². The van der Waals surface area contributed by atoms with Crippen LogP contribution in [0.5, 0.6) is 0 Å². The number of thioether (sulfide) groups is 1. The molecule has 0 amide bonds. The lowest BCUT2D eigenvalue weighted by Crippen LogP contribution is -2.46. The number of sulfone groups is 1. The third-order valence-electron chi connectivity index (χ3n) is 3.20. The van der Waals surface area contributed by atoms with Crippen LogP contribution in [0.1, 0.15) is 5.56 Å². The molecule has 1 aliphatic rings. The highest BCUT2D eigenvalue weighted by Crippen LogP contribution is 2.25. The molecule has 1 aromatic rings. The van der Waals surface area contributed by atoms with Crippen molar-refractivity contribution < 1.29 is 12.8 Å². The lowest BCUT2D eigenvalue weighted by Gasteiger charge is -2.34. The van der Waals surface area contributed by atoms with Gasteiger partial charge in [0.1, 0.15) is 11.2 Å². The van der Waals surface area contributed by atoms with E-state index in [-0.39, 0.29) is 5.69 Å². The molecule has 0 aliphatic carbocycles. The zero-order chi connectivity index (χ0) is 14.0. The first-order valence-electron chi connectivity index (χ1n) is 5.93. The Kier molecular flexibility index (Phi) is 4.37. The van der Waals surface area contributed by atoms with Crippen LogP contribution in [0.15, 0.2) is 18.2 Å². The number of nitrogens with zero attached hydrogens (tertiary/aromatic N) is 1. The van der Waals surface area contributed by atoms with E-state index in [4.69, 9.17) is 5.73 Å². The Hall–Kier alpha value is -0.790. The number of halogens is 1. The monoisotopic (exact) mass is 304 g/mol. The van der Waals surface area contributed by atoms with E-state index in [2.05, 4.69) is 0 Å². The molecule has 0 aromatic heterocycles. The molecule has 1 aliphatic heterocycles. The highest BCUT2D eigenvalue weighted by atomic mass is 32.2. The van der Waals surface area contributed by atoms with E-state index in [0.29, 0.717) is 24.4 Å². The highest BCUT2D eigenvalue weighted by molar-refractivity contribution is 8.00. The van der Waals surface area contributed by atoms with Crippen LogP contribution in [0.4, 0.5) is 10.1 Å². The van der Waals surface area contributed by atoms with Crippen LogP contribution in [0.2, 0.25) is 0 Å². The Morgan fingerprint density at radius 2 is 2.26 bits per heavy atom. The van der Waals surface area contributed by atoms with Crippen LogP contribution in [-0.2, 0) is 16.4 Å². The molecule has 1 aromatic carbocycles. The maximum Gasteiger partial charge on any atom is 0.164 e. The summed E-state index contributed by atoms with van der Waals surface area (Å²) in [5.41, 5.74) is 6.44. The van der Waals surface area contributed by atoms with Gasteiger partial charge in [-0.25, -0.2) is 12.8 Å². The van der Waals surface area contributed by atoms with Crippen LogP contribution in [0.3, 0.4) is 0 Å². The highest BCUT2D eigenvalue weighted by Gasteiger charge is 2.31. The van der Waals surface area contributed by atoms with Gasteiger partial charge in [-0.15, -0.1) is 0 Å². The quantitative estimate of drug-likeness (QED) is 0.854. The first-order valence-corrected chi connectivity index (χ1v) is 9.04. The Balaban J connectivity index is 2.23. The number of hydrogen-bond donors (Lipinski definition) is 1. The van der Waals surface area contributed by atoms with Crippen LogP contribution in [-0.4, -0.2) is 43.0 Å². The molecule has 1 heterocycles. The molecule has 19 heavy (non-hydrogen) atoms. The largest absolute Gasteiger partial charge is 0.396 e. The fraction of sp³-hybridized carbons (Fsp3) is 0.500. The van der Waals surface area contributed by atoms with E-state index in [9.17, 15) is 12.8 Å². The number of para-hydroxylation sites is 1. The van der Waals surface area contributed by atoms with Crippen molar-refractivity contribution in [3.63, 3.8) is 0 Å². The summed E-state index contributed by atoms with van der Waals surface area (Å²) in [6, 6.07) is 4.63. The van der Waals surface area contributed by atoms with Crippen LogP contribution in [0, 0.1) is 5.82 Å². The van der Waals surface area contributed by atoms with Gasteiger partial charge in [0.05, 0.1) is 5.69 Å². The minimum atomic E-state index is -3.15. The van der Waals surface area contributed by atoms with Crippen molar-refractivity contribution >= 4 is 27.3 Å². The van der Waals surface area contributed by atoms with Crippen molar-refractivity contribution in [2.45, 2.75) is 11.9 Å². The van der Waals surface area contributed by atoms with E-state index < -0.39 is 21.0 Å². The Bertz CT molecular complexity index is 563. The molecule has 106 valence electrons. The van der Waals surface area contributed by atoms with Crippen LogP contribution < -0.4 is 5.73 Å². The molecular formula is C12H17FN2O2S2. The van der Waals surface area contributed by atoms with Crippen molar-refractivity contribution in [2.75, 3.05) is 30.0 Å². The standard InChI is InChI=1S/C12H17FN2O2S2/c1-19(16,17)11-8-18-6-5-15(11)7-9-3-2-4-10(13)12(9)14/h2-4,11H,5-8,14H2,1H3. The second-order valence-electron chi connectivity index (χ2n) is 4.64. The first-order chi connectivity index (χ1) is 8.89. The predicted molar refractivity (Wildman–Crippen MR) is 77.2 cm³/mol. The Morgan fingerprint density at radius 1 is 1.53 bits per heavy atom. The molecule has 4 nitrogen and oxygen atoms in total. The maximum atomic E-state index is 13.4. The normalized spacial score (nSPS) is 21.5. The number of hydrogen-bond acceptors (Lipinski definition) is 5. The third kappa shape index (κ3) is 3.40. The minimum absolute atomic E-state index is 0.105. The van der Waals surface area contributed by atoms with Gasteiger partial charge < -0.3 is 5.73 Å². The summed E-state index contributed by atoms with van der Waals surface area (Å²) in [6.45, 7) is 1.03. The fourth-order valence-corrected chi connectivity index (χ4v) is 5.07.